The SMILES string of the molecule is CCC(C)N(Cc1cc(NC(=O)CC(C)(C)C)ccc1N(C)C)S(=O)(=O)c1ccc(F)cc1. The number of carbonyl (C=O) groups excluding carboxylic acids is 1. The molecule has 0 fully saturated rings. The molecule has 182 valence electrons. The van der Waals surface area contributed by atoms with Crippen molar-refractivity contribution in [2.75, 3.05) is 24.3 Å². The maximum absolute atomic E-state index is 13.5. The van der Waals surface area contributed by atoms with Gasteiger partial charge in [-0.25, -0.2) is 12.8 Å². The molecule has 2 rings (SSSR count). The summed E-state index contributed by atoms with van der Waals surface area (Å²) in [7, 11) is -0.0936. The van der Waals surface area contributed by atoms with Gasteiger partial charge < -0.3 is 10.2 Å². The zero-order chi connectivity index (χ0) is 25.0. The maximum atomic E-state index is 13.5. The minimum absolute atomic E-state index is 0.0465. The van der Waals surface area contributed by atoms with Crippen LogP contribution in [0.5, 0.6) is 0 Å². The first kappa shape index (κ1) is 26.8. The summed E-state index contributed by atoms with van der Waals surface area (Å²) in [6.45, 7) is 9.89. The zero-order valence-electron chi connectivity index (χ0n) is 20.6. The standard InChI is InChI=1S/C25H36FN3O3S/c1-8-18(2)29(33(31,32)22-12-9-20(26)10-13-22)17-19-15-21(11-14-23(19)28(6)7)27-24(30)16-25(3,4)5/h9-15,18H,8,16-17H2,1-7H3,(H,27,30). The van der Waals surface area contributed by atoms with E-state index in [1.165, 1.54) is 16.4 Å². The van der Waals surface area contributed by atoms with Crippen LogP contribution in [0.4, 0.5) is 15.8 Å². The van der Waals surface area contributed by atoms with Gasteiger partial charge in [-0.2, -0.15) is 4.31 Å². The van der Waals surface area contributed by atoms with E-state index in [2.05, 4.69) is 5.32 Å². The van der Waals surface area contributed by atoms with Crippen molar-refractivity contribution in [2.45, 2.75) is 64.9 Å². The summed E-state index contributed by atoms with van der Waals surface area (Å²) in [5.74, 6) is -0.582. The second-order valence-electron chi connectivity index (χ2n) is 9.78. The average Bonchev–Trinajstić information content (AvgIpc) is 2.70. The van der Waals surface area contributed by atoms with E-state index >= 15 is 0 Å². The molecule has 2 aromatic rings. The minimum Gasteiger partial charge on any atom is -0.377 e. The van der Waals surface area contributed by atoms with Gasteiger partial charge in [0.05, 0.1) is 4.90 Å². The minimum atomic E-state index is -3.87. The van der Waals surface area contributed by atoms with Crippen LogP contribution in [0.2, 0.25) is 0 Å². The molecule has 0 aliphatic rings. The van der Waals surface area contributed by atoms with E-state index < -0.39 is 15.8 Å². The second kappa shape index (κ2) is 10.7. The molecular formula is C25H36FN3O3S. The van der Waals surface area contributed by atoms with Crippen LogP contribution in [0.1, 0.15) is 53.0 Å². The Kier molecular flexibility index (Phi) is 8.65. The van der Waals surface area contributed by atoms with E-state index in [9.17, 15) is 17.6 Å². The van der Waals surface area contributed by atoms with Crippen LogP contribution in [0.25, 0.3) is 0 Å². The van der Waals surface area contributed by atoms with Crippen LogP contribution in [0.3, 0.4) is 0 Å². The molecule has 0 bridgehead atoms. The smallest absolute Gasteiger partial charge is 0.243 e. The number of hydrogen-bond donors (Lipinski definition) is 1. The number of sulfonamides is 1. The normalized spacial score (nSPS) is 13.1. The quantitative estimate of drug-likeness (QED) is 0.535. The van der Waals surface area contributed by atoms with E-state index in [1.807, 2.05) is 71.8 Å². The summed E-state index contributed by atoms with van der Waals surface area (Å²) in [5.41, 5.74) is 2.09. The van der Waals surface area contributed by atoms with Crippen LogP contribution in [0, 0.1) is 11.2 Å². The predicted octanol–water partition coefficient (Wildman–Crippen LogP) is 5.26. The lowest BCUT2D eigenvalue weighted by molar-refractivity contribution is -0.117. The van der Waals surface area contributed by atoms with E-state index in [4.69, 9.17) is 0 Å². The van der Waals surface area contributed by atoms with E-state index in [0.717, 1.165) is 23.4 Å². The Bertz CT molecular complexity index is 1060. The lowest BCUT2D eigenvalue weighted by atomic mass is 9.92. The fraction of sp³-hybridized carbons (Fsp3) is 0.480. The molecule has 0 aromatic heterocycles. The van der Waals surface area contributed by atoms with Crippen molar-refractivity contribution in [3.63, 3.8) is 0 Å². The first-order chi connectivity index (χ1) is 15.2. The van der Waals surface area contributed by atoms with Crippen LogP contribution >= 0.6 is 0 Å². The third-order valence-electron chi connectivity index (χ3n) is 5.36. The van der Waals surface area contributed by atoms with Gasteiger partial charge in [-0.15, -0.1) is 0 Å². The first-order valence-electron chi connectivity index (χ1n) is 11.1. The monoisotopic (exact) mass is 477 g/mol. The predicted molar refractivity (Wildman–Crippen MR) is 132 cm³/mol. The summed E-state index contributed by atoms with van der Waals surface area (Å²) < 4.78 is 41.8. The van der Waals surface area contributed by atoms with Crippen LogP contribution in [-0.2, 0) is 21.4 Å². The van der Waals surface area contributed by atoms with Gasteiger partial charge in [-0.05, 0) is 66.8 Å². The zero-order valence-corrected chi connectivity index (χ0v) is 21.5. The van der Waals surface area contributed by atoms with Crippen LogP contribution in [0.15, 0.2) is 47.4 Å². The molecule has 33 heavy (non-hydrogen) atoms. The van der Waals surface area contributed by atoms with Gasteiger partial charge in [0.25, 0.3) is 0 Å². The van der Waals surface area contributed by atoms with Crippen molar-refractivity contribution in [1.82, 2.24) is 4.31 Å². The molecule has 0 saturated heterocycles. The number of anilines is 2. The Hall–Kier alpha value is -2.45. The summed E-state index contributed by atoms with van der Waals surface area (Å²) in [4.78, 5) is 14.4. The van der Waals surface area contributed by atoms with Gasteiger partial charge in [0.15, 0.2) is 0 Å². The number of amides is 1. The highest BCUT2D eigenvalue weighted by atomic mass is 32.2. The molecule has 0 saturated carbocycles. The second-order valence-corrected chi connectivity index (χ2v) is 11.7. The molecule has 8 heteroatoms. The van der Waals surface area contributed by atoms with Crippen LogP contribution < -0.4 is 10.2 Å². The number of rotatable bonds is 9. The van der Waals surface area contributed by atoms with Crippen molar-refractivity contribution in [1.29, 1.82) is 0 Å². The van der Waals surface area contributed by atoms with Crippen molar-refractivity contribution in [2.24, 2.45) is 5.41 Å². The molecular weight excluding hydrogens is 441 g/mol. The maximum Gasteiger partial charge on any atom is 0.243 e. The Morgan fingerprint density at radius 1 is 1.09 bits per heavy atom. The van der Waals surface area contributed by atoms with Crippen molar-refractivity contribution >= 4 is 27.3 Å². The lowest BCUT2D eigenvalue weighted by Crippen LogP contribution is -2.38. The molecule has 1 N–H and O–H groups in total. The Labute approximate surface area is 197 Å². The van der Waals surface area contributed by atoms with Crippen molar-refractivity contribution in [3.8, 4) is 0 Å². The molecule has 1 atom stereocenters. The molecule has 1 unspecified atom stereocenters. The molecule has 0 radical (unpaired) electrons. The third-order valence-corrected chi connectivity index (χ3v) is 7.34. The summed E-state index contributed by atoms with van der Waals surface area (Å²) in [6, 6.07) is 10.1. The van der Waals surface area contributed by atoms with Crippen LogP contribution in [-0.4, -0.2) is 38.8 Å². The molecule has 0 aliphatic heterocycles. The van der Waals surface area contributed by atoms with E-state index in [1.54, 1.807) is 0 Å². The highest BCUT2D eigenvalue weighted by Crippen LogP contribution is 2.29. The molecule has 2 aromatic carbocycles. The van der Waals surface area contributed by atoms with Crippen molar-refractivity contribution in [3.05, 3.63) is 53.8 Å². The molecule has 6 nitrogen and oxygen atoms in total. The van der Waals surface area contributed by atoms with E-state index in [-0.39, 0.29) is 28.8 Å². The highest BCUT2D eigenvalue weighted by Gasteiger charge is 2.29. The Morgan fingerprint density at radius 3 is 2.21 bits per heavy atom. The van der Waals surface area contributed by atoms with E-state index in [0.29, 0.717) is 18.5 Å². The van der Waals surface area contributed by atoms with Gasteiger partial charge >= 0.3 is 0 Å². The highest BCUT2D eigenvalue weighted by molar-refractivity contribution is 7.89. The fourth-order valence-corrected chi connectivity index (χ4v) is 5.19. The number of nitrogens with one attached hydrogen (secondary N) is 1. The fourth-order valence-electron chi connectivity index (χ4n) is 3.50. The summed E-state index contributed by atoms with van der Waals surface area (Å²) >= 11 is 0. The third kappa shape index (κ3) is 7.27. The summed E-state index contributed by atoms with van der Waals surface area (Å²) in [5, 5.41) is 2.93. The largest absolute Gasteiger partial charge is 0.377 e. The number of halogens is 1. The molecule has 1 amide bonds. The van der Waals surface area contributed by atoms with Gasteiger partial charge in [-0.3, -0.25) is 4.79 Å². The molecule has 0 aliphatic carbocycles. The van der Waals surface area contributed by atoms with Crippen molar-refractivity contribution < 1.29 is 17.6 Å². The van der Waals surface area contributed by atoms with Gasteiger partial charge in [-0.1, -0.05) is 27.7 Å². The Balaban J connectivity index is 2.45. The topological polar surface area (TPSA) is 69.7 Å². The molecule has 0 heterocycles. The number of nitrogens with zero attached hydrogens (tertiary/aromatic N) is 2. The number of hydrogen-bond acceptors (Lipinski definition) is 4. The number of carbonyl (C=O) groups is 1. The van der Waals surface area contributed by atoms with Gasteiger partial charge in [0, 0.05) is 44.5 Å². The summed E-state index contributed by atoms with van der Waals surface area (Å²) in [6.07, 6.45) is 0.982. The average molecular weight is 478 g/mol. The van der Waals surface area contributed by atoms with Gasteiger partial charge in [0.2, 0.25) is 15.9 Å². The first-order valence-corrected chi connectivity index (χ1v) is 12.6. The number of benzene rings is 2. The molecule has 0 spiro atoms. The van der Waals surface area contributed by atoms with Gasteiger partial charge in [0.1, 0.15) is 5.82 Å². The Morgan fingerprint density at radius 2 is 1.70 bits per heavy atom. The lowest BCUT2D eigenvalue weighted by Gasteiger charge is -2.30.